The molecule has 9 heteroatoms. The Morgan fingerprint density at radius 2 is 1.72 bits per heavy atom. The number of sulfonamides is 1. The van der Waals surface area contributed by atoms with E-state index >= 15 is 0 Å². The van der Waals surface area contributed by atoms with E-state index in [-0.39, 0.29) is 24.6 Å². The highest BCUT2D eigenvalue weighted by Gasteiger charge is 2.37. The van der Waals surface area contributed by atoms with E-state index < -0.39 is 22.0 Å². The van der Waals surface area contributed by atoms with E-state index in [1.165, 1.54) is 29.1 Å². The number of methoxy groups -OCH3 is 1. The van der Waals surface area contributed by atoms with Gasteiger partial charge in [0.05, 0.1) is 30.8 Å². The Balaban J connectivity index is 1.48. The van der Waals surface area contributed by atoms with E-state index in [0.717, 1.165) is 16.9 Å². The molecule has 1 heterocycles. The number of hydrogen-bond donors (Lipinski definition) is 1. The largest absolute Gasteiger partial charge is 0.497 e. The van der Waals surface area contributed by atoms with Crippen LogP contribution in [-0.4, -0.2) is 47.2 Å². The van der Waals surface area contributed by atoms with Crippen LogP contribution >= 0.6 is 0 Å². The molecule has 190 valence electrons. The molecule has 0 fully saturated rings. The lowest BCUT2D eigenvalue weighted by molar-refractivity contribution is -0.127. The molecular formula is C27H30N2O6S. The minimum Gasteiger partial charge on any atom is -0.497 e. The fraction of sp³-hybridized carbons (Fsp3) is 0.296. The standard InChI is InChI=1S/C27H30N2O6S/c1-18-5-12-24-25(15-18)35-26(17-29(24)36(31,32)23-10-8-21(33-4)9-11-23)27(30)28-13-14-34-22-7-6-19(2)20(3)16-22/h5-12,15-16,26H,13-14,17H2,1-4H3,(H,28,30)/t26-/m1/s1. The Kier molecular flexibility index (Phi) is 7.40. The zero-order valence-corrected chi connectivity index (χ0v) is 21.6. The molecule has 3 aromatic rings. The molecule has 1 N–H and O–H groups in total. The predicted molar refractivity (Wildman–Crippen MR) is 138 cm³/mol. The Bertz CT molecular complexity index is 1360. The quantitative estimate of drug-likeness (QED) is 0.464. The number of anilines is 1. The summed E-state index contributed by atoms with van der Waals surface area (Å²) in [5, 5.41) is 2.79. The molecule has 0 aromatic heterocycles. The summed E-state index contributed by atoms with van der Waals surface area (Å²) in [6.45, 7) is 6.27. The number of benzene rings is 3. The monoisotopic (exact) mass is 510 g/mol. The van der Waals surface area contributed by atoms with Crippen molar-refractivity contribution in [3.8, 4) is 17.2 Å². The normalized spacial score (nSPS) is 15.0. The summed E-state index contributed by atoms with van der Waals surface area (Å²) in [6.07, 6.45) is -1.02. The number of rotatable bonds is 8. The van der Waals surface area contributed by atoms with Crippen molar-refractivity contribution in [2.24, 2.45) is 0 Å². The summed E-state index contributed by atoms with van der Waals surface area (Å²) in [5.74, 6) is 1.19. The van der Waals surface area contributed by atoms with Crippen LogP contribution < -0.4 is 23.8 Å². The van der Waals surface area contributed by atoms with E-state index in [1.807, 2.05) is 45.0 Å². The fourth-order valence-corrected chi connectivity index (χ4v) is 5.34. The third-order valence-corrected chi connectivity index (χ3v) is 7.87. The summed E-state index contributed by atoms with van der Waals surface area (Å²) in [4.78, 5) is 13.1. The first-order chi connectivity index (χ1) is 17.2. The topological polar surface area (TPSA) is 94.2 Å². The number of carbonyl (C=O) groups is 1. The second-order valence-corrected chi connectivity index (χ2v) is 10.5. The van der Waals surface area contributed by atoms with Crippen LogP contribution in [0.5, 0.6) is 17.2 Å². The Morgan fingerprint density at radius 1 is 1.00 bits per heavy atom. The van der Waals surface area contributed by atoms with Gasteiger partial charge in [0.25, 0.3) is 15.9 Å². The average Bonchev–Trinajstić information content (AvgIpc) is 2.87. The maximum Gasteiger partial charge on any atom is 0.264 e. The van der Waals surface area contributed by atoms with Gasteiger partial charge < -0.3 is 19.5 Å². The number of aryl methyl sites for hydroxylation is 3. The van der Waals surface area contributed by atoms with Crippen molar-refractivity contribution < 1.29 is 27.4 Å². The molecule has 1 aliphatic heterocycles. The highest BCUT2D eigenvalue weighted by atomic mass is 32.2. The van der Waals surface area contributed by atoms with Crippen molar-refractivity contribution in [1.82, 2.24) is 5.32 Å². The van der Waals surface area contributed by atoms with Crippen LogP contribution in [0.25, 0.3) is 0 Å². The number of nitrogens with zero attached hydrogens (tertiary/aromatic N) is 1. The summed E-state index contributed by atoms with van der Waals surface area (Å²) >= 11 is 0. The minimum absolute atomic E-state index is 0.0951. The second kappa shape index (κ2) is 10.5. The zero-order valence-electron chi connectivity index (χ0n) is 20.8. The van der Waals surface area contributed by atoms with Gasteiger partial charge in [0.2, 0.25) is 0 Å². The summed E-state index contributed by atoms with van der Waals surface area (Å²) in [7, 11) is -2.44. The van der Waals surface area contributed by atoms with Crippen LogP contribution in [0.2, 0.25) is 0 Å². The van der Waals surface area contributed by atoms with Crippen molar-refractivity contribution in [1.29, 1.82) is 0 Å². The van der Waals surface area contributed by atoms with Gasteiger partial charge in [-0.3, -0.25) is 9.10 Å². The fourth-order valence-electron chi connectivity index (χ4n) is 3.86. The SMILES string of the molecule is COc1ccc(S(=O)(=O)N2C[C@H](C(=O)NCCOc3ccc(C)c(C)c3)Oc3cc(C)ccc32)cc1. The predicted octanol–water partition coefficient (Wildman–Crippen LogP) is 3.77. The summed E-state index contributed by atoms with van der Waals surface area (Å²) in [6, 6.07) is 17.2. The van der Waals surface area contributed by atoms with Gasteiger partial charge in [-0.2, -0.15) is 0 Å². The first-order valence-corrected chi connectivity index (χ1v) is 13.0. The highest BCUT2D eigenvalue weighted by molar-refractivity contribution is 7.92. The molecule has 3 aromatic carbocycles. The lowest BCUT2D eigenvalue weighted by atomic mass is 10.1. The molecule has 36 heavy (non-hydrogen) atoms. The average molecular weight is 511 g/mol. The zero-order chi connectivity index (χ0) is 25.9. The third-order valence-electron chi connectivity index (χ3n) is 6.07. The molecule has 1 atom stereocenters. The van der Waals surface area contributed by atoms with E-state index in [2.05, 4.69) is 5.32 Å². The first kappa shape index (κ1) is 25.4. The van der Waals surface area contributed by atoms with Crippen molar-refractivity contribution in [3.63, 3.8) is 0 Å². The van der Waals surface area contributed by atoms with Crippen LogP contribution in [0.3, 0.4) is 0 Å². The number of nitrogens with one attached hydrogen (secondary N) is 1. The molecule has 0 saturated heterocycles. The maximum absolute atomic E-state index is 13.5. The van der Waals surface area contributed by atoms with Crippen LogP contribution in [0, 0.1) is 20.8 Å². The number of ether oxygens (including phenoxy) is 3. The third kappa shape index (κ3) is 5.41. The molecule has 0 bridgehead atoms. The maximum atomic E-state index is 13.5. The molecule has 8 nitrogen and oxygen atoms in total. The lowest BCUT2D eigenvalue weighted by Crippen LogP contribution is -2.51. The molecule has 1 aliphatic rings. The molecule has 4 rings (SSSR count). The first-order valence-electron chi connectivity index (χ1n) is 11.6. The van der Waals surface area contributed by atoms with Crippen LogP contribution in [-0.2, 0) is 14.8 Å². The number of hydrogen-bond acceptors (Lipinski definition) is 6. The highest BCUT2D eigenvalue weighted by Crippen LogP contribution is 2.38. The summed E-state index contributed by atoms with van der Waals surface area (Å²) < 4.78 is 45.1. The molecular weight excluding hydrogens is 480 g/mol. The number of carbonyl (C=O) groups excluding carboxylic acids is 1. The number of amides is 1. The molecule has 1 amide bonds. The number of fused-ring (bicyclic) bond motifs is 1. The van der Waals surface area contributed by atoms with Gasteiger partial charge in [-0.25, -0.2) is 8.42 Å². The van der Waals surface area contributed by atoms with E-state index in [4.69, 9.17) is 14.2 Å². The van der Waals surface area contributed by atoms with Gasteiger partial charge in [0.1, 0.15) is 23.9 Å². The van der Waals surface area contributed by atoms with Gasteiger partial charge in [-0.1, -0.05) is 12.1 Å². The Labute approximate surface area is 211 Å². The van der Waals surface area contributed by atoms with Crippen molar-refractivity contribution >= 4 is 21.6 Å². The van der Waals surface area contributed by atoms with Crippen LogP contribution in [0.15, 0.2) is 65.6 Å². The molecule has 0 radical (unpaired) electrons. The minimum atomic E-state index is -3.96. The van der Waals surface area contributed by atoms with Crippen molar-refractivity contribution in [2.75, 3.05) is 31.1 Å². The van der Waals surface area contributed by atoms with Crippen molar-refractivity contribution in [2.45, 2.75) is 31.8 Å². The van der Waals surface area contributed by atoms with Gasteiger partial charge in [0.15, 0.2) is 6.10 Å². The van der Waals surface area contributed by atoms with Gasteiger partial charge in [0, 0.05) is 0 Å². The van der Waals surface area contributed by atoms with Gasteiger partial charge in [-0.05, 0) is 86.0 Å². The smallest absolute Gasteiger partial charge is 0.264 e. The molecule has 0 aliphatic carbocycles. The van der Waals surface area contributed by atoms with Gasteiger partial charge >= 0.3 is 0 Å². The van der Waals surface area contributed by atoms with Crippen molar-refractivity contribution in [3.05, 3.63) is 77.4 Å². The molecule has 0 unspecified atom stereocenters. The van der Waals surface area contributed by atoms with E-state index in [0.29, 0.717) is 17.2 Å². The summed E-state index contributed by atoms with van der Waals surface area (Å²) in [5.41, 5.74) is 3.57. The Hall–Kier alpha value is -3.72. The molecule has 0 saturated carbocycles. The van der Waals surface area contributed by atoms with E-state index in [1.54, 1.807) is 24.3 Å². The Morgan fingerprint density at radius 3 is 2.42 bits per heavy atom. The second-order valence-electron chi connectivity index (χ2n) is 8.67. The lowest BCUT2D eigenvalue weighted by Gasteiger charge is -2.35. The van der Waals surface area contributed by atoms with Crippen LogP contribution in [0.4, 0.5) is 5.69 Å². The van der Waals surface area contributed by atoms with Crippen LogP contribution in [0.1, 0.15) is 16.7 Å². The van der Waals surface area contributed by atoms with Gasteiger partial charge in [-0.15, -0.1) is 0 Å². The van der Waals surface area contributed by atoms with E-state index in [9.17, 15) is 13.2 Å². The molecule has 0 spiro atoms.